The van der Waals surface area contributed by atoms with E-state index in [9.17, 15) is 0 Å². The third-order valence-corrected chi connectivity index (χ3v) is 12.0. The van der Waals surface area contributed by atoms with Gasteiger partial charge in [0.15, 0.2) is 5.58 Å². The van der Waals surface area contributed by atoms with Gasteiger partial charge in [-0.15, -0.1) is 0 Å². The van der Waals surface area contributed by atoms with E-state index in [1.165, 1.54) is 60.0 Å². The number of furan rings is 1. The molecule has 276 valence electrons. The van der Waals surface area contributed by atoms with E-state index in [1.807, 2.05) is 0 Å². The summed E-state index contributed by atoms with van der Waals surface area (Å²) in [6, 6.07) is 78.5. The Labute approximate surface area is 341 Å². The van der Waals surface area contributed by atoms with Crippen LogP contribution in [0.1, 0.15) is 0 Å². The van der Waals surface area contributed by atoms with Crippen LogP contribution in [0.25, 0.3) is 93.2 Å². The van der Waals surface area contributed by atoms with Gasteiger partial charge in [0.05, 0.1) is 16.7 Å². The van der Waals surface area contributed by atoms with Crippen molar-refractivity contribution in [2.24, 2.45) is 0 Å². The zero-order valence-corrected chi connectivity index (χ0v) is 32.1. The van der Waals surface area contributed by atoms with E-state index in [2.05, 4.69) is 228 Å². The van der Waals surface area contributed by atoms with Gasteiger partial charge in [-0.25, -0.2) is 0 Å². The summed E-state index contributed by atoms with van der Waals surface area (Å²) >= 11 is 0. The van der Waals surface area contributed by atoms with Crippen molar-refractivity contribution in [3.8, 4) is 27.9 Å². The minimum absolute atomic E-state index is 0.863. The molecule has 2 aromatic heterocycles. The molecular weight excluding hydrogens is 717 g/mol. The van der Waals surface area contributed by atoms with Crippen molar-refractivity contribution >= 4 is 82.4 Å². The highest BCUT2D eigenvalue weighted by Gasteiger charge is 2.21. The molecule has 10 aromatic carbocycles. The molecule has 0 atom stereocenters. The Morgan fingerprint density at radius 3 is 1.54 bits per heavy atom. The Morgan fingerprint density at radius 2 is 0.864 bits per heavy atom. The highest BCUT2D eigenvalue weighted by Crippen LogP contribution is 2.45. The van der Waals surface area contributed by atoms with Crippen LogP contribution in [-0.2, 0) is 0 Å². The number of anilines is 3. The van der Waals surface area contributed by atoms with Gasteiger partial charge in [0.2, 0.25) is 0 Å². The summed E-state index contributed by atoms with van der Waals surface area (Å²) < 4.78 is 9.17. The first-order valence-electron chi connectivity index (χ1n) is 20.2. The maximum absolute atomic E-state index is 6.80. The van der Waals surface area contributed by atoms with Gasteiger partial charge in [0.25, 0.3) is 0 Å². The first-order chi connectivity index (χ1) is 29.3. The summed E-state index contributed by atoms with van der Waals surface area (Å²) in [7, 11) is 0. The van der Waals surface area contributed by atoms with Crippen molar-refractivity contribution in [1.82, 2.24) is 4.57 Å². The van der Waals surface area contributed by atoms with E-state index in [4.69, 9.17) is 4.42 Å². The summed E-state index contributed by atoms with van der Waals surface area (Å²) in [5.41, 5.74) is 13.1. The molecule has 0 amide bonds. The van der Waals surface area contributed by atoms with Crippen LogP contribution < -0.4 is 4.90 Å². The second-order valence-corrected chi connectivity index (χ2v) is 15.3. The molecule has 0 saturated heterocycles. The van der Waals surface area contributed by atoms with E-state index < -0.39 is 0 Å². The molecule has 2 heterocycles. The summed E-state index contributed by atoms with van der Waals surface area (Å²) in [5, 5.41) is 9.66. The van der Waals surface area contributed by atoms with E-state index in [0.717, 1.165) is 50.3 Å². The highest BCUT2D eigenvalue weighted by atomic mass is 16.3. The van der Waals surface area contributed by atoms with Gasteiger partial charge >= 0.3 is 0 Å². The SMILES string of the molecule is c1ccc2c(-c3ccc(N(c4ccc(-c5ccc(-n6c7ccccc7c7ccccc76)cc5)cc4)c4cccc5c4oc4ccc6ccccc6c45)cc3)cccc2c1. The molecule has 59 heavy (non-hydrogen) atoms. The normalized spacial score (nSPS) is 11.7. The summed E-state index contributed by atoms with van der Waals surface area (Å²) in [5.74, 6) is 0. The van der Waals surface area contributed by atoms with Crippen LogP contribution in [0.5, 0.6) is 0 Å². The van der Waals surface area contributed by atoms with Crippen molar-refractivity contribution < 1.29 is 4.42 Å². The number of hydrogen-bond acceptors (Lipinski definition) is 2. The average molecular weight is 753 g/mol. The lowest BCUT2D eigenvalue weighted by Gasteiger charge is -2.26. The van der Waals surface area contributed by atoms with Crippen LogP contribution >= 0.6 is 0 Å². The van der Waals surface area contributed by atoms with E-state index >= 15 is 0 Å². The van der Waals surface area contributed by atoms with Gasteiger partial charge in [-0.05, 0) is 104 Å². The van der Waals surface area contributed by atoms with Crippen molar-refractivity contribution in [2.75, 3.05) is 4.90 Å². The molecule has 0 bridgehead atoms. The lowest BCUT2D eigenvalue weighted by atomic mass is 9.98. The van der Waals surface area contributed by atoms with Crippen molar-refractivity contribution in [3.63, 3.8) is 0 Å². The van der Waals surface area contributed by atoms with Crippen LogP contribution in [0.2, 0.25) is 0 Å². The Hall–Kier alpha value is -7.88. The monoisotopic (exact) mass is 752 g/mol. The highest BCUT2D eigenvalue weighted by molar-refractivity contribution is 6.21. The van der Waals surface area contributed by atoms with E-state index in [0.29, 0.717) is 0 Å². The Kier molecular flexibility index (Phi) is 7.54. The van der Waals surface area contributed by atoms with Crippen LogP contribution in [0, 0.1) is 0 Å². The number of rotatable bonds is 6. The largest absolute Gasteiger partial charge is 0.454 e. The second-order valence-electron chi connectivity index (χ2n) is 15.3. The van der Waals surface area contributed by atoms with E-state index in [-0.39, 0.29) is 0 Å². The van der Waals surface area contributed by atoms with Crippen molar-refractivity contribution in [3.05, 3.63) is 218 Å². The fourth-order valence-corrected chi connectivity index (χ4v) is 9.23. The van der Waals surface area contributed by atoms with Gasteiger partial charge in [-0.2, -0.15) is 0 Å². The second kappa shape index (κ2) is 13.4. The molecule has 0 aliphatic rings. The predicted octanol–water partition coefficient (Wildman–Crippen LogP) is 15.8. The zero-order chi connectivity index (χ0) is 38.9. The fraction of sp³-hybridized carbons (Fsp3) is 0. The lowest BCUT2D eigenvalue weighted by Crippen LogP contribution is -2.10. The minimum Gasteiger partial charge on any atom is -0.454 e. The topological polar surface area (TPSA) is 21.3 Å². The Morgan fingerprint density at radius 1 is 0.356 bits per heavy atom. The van der Waals surface area contributed by atoms with Crippen molar-refractivity contribution in [1.29, 1.82) is 0 Å². The quantitative estimate of drug-likeness (QED) is 0.169. The van der Waals surface area contributed by atoms with Crippen LogP contribution in [0.4, 0.5) is 17.1 Å². The molecule has 0 fully saturated rings. The third kappa shape index (κ3) is 5.36. The average Bonchev–Trinajstić information content (AvgIpc) is 3.86. The standard InChI is InChI=1S/C56H36N2O/c1-3-14-45-39(11-1)13-9-18-46(45)41-27-34-43(35-28-41)57(53-22-10-19-50-55-47-15-4-2-12-40(47)29-36-54(55)59-56(50)53)42-30-23-37(24-31-42)38-25-32-44(33-26-38)58-51-20-7-5-16-48(51)49-17-6-8-21-52(49)58/h1-36H. The molecule has 3 nitrogen and oxygen atoms in total. The van der Waals surface area contributed by atoms with Crippen LogP contribution in [0.15, 0.2) is 223 Å². The maximum atomic E-state index is 6.80. The van der Waals surface area contributed by atoms with Crippen LogP contribution in [-0.4, -0.2) is 4.57 Å². The molecule has 0 radical (unpaired) electrons. The molecular formula is C56H36N2O. The Bertz CT molecular complexity index is 3480. The molecule has 0 N–H and O–H groups in total. The third-order valence-electron chi connectivity index (χ3n) is 12.0. The van der Waals surface area contributed by atoms with Gasteiger partial charge < -0.3 is 13.9 Å². The maximum Gasteiger partial charge on any atom is 0.159 e. The van der Waals surface area contributed by atoms with Crippen LogP contribution in [0.3, 0.4) is 0 Å². The summed E-state index contributed by atoms with van der Waals surface area (Å²) in [4.78, 5) is 2.33. The molecule has 0 aliphatic carbocycles. The molecule has 0 saturated carbocycles. The number of nitrogens with zero attached hydrogens (tertiary/aromatic N) is 2. The van der Waals surface area contributed by atoms with Gasteiger partial charge in [-0.3, -0.25) is 0 Å². The molecule has 12 rings (SSSR count). The number of aromatic nitrogens is 1. The number of para-hydroxylation sites is 3. The molecule has 0 aliphatic heterocycles. The minimum atomic E-state index is 0.863. The molecule has 3 heteroatoms. The first kappa shape index (κ1) is 33.3. The number of fused-ring (bicyclic) bond motifs is 9. The van der Waals surface area contributed by atoms with Crippen molar-refractivity contribution in [2.45, 2.75) is 0 Å². The van der Waals surface area contributed by atoms with Gasteiger partial charge in [0, 0.05) is 38.6 Å². The Balaban J connectivity index is 0.966. The summed E-state index contributed by atoms with van der Waals surface area (Å²) in [6.45, 7) is 0. The van der Waals surface area contributed by atoms with Gasteiger partial charge in [0.1, 0.15) is 5.58 Å². The van der Waals surface area contributed by atoms with Gasteiger partial charge in [-0.1, -0.05) is 158 Å². The molecule has 0 spiro atoms. The lowest BCUT2D eigenvalue weighted by molar-refractivity contribution is 0.669. The molecule has 0 unspecified atom stereocenters. The zero-order valence-electron chi connectivity index (χ0n) is 32.1. The summed E-state index contributed by atoms with van der Waals surface area (Å²) in [6.07, 6.45) is 0. The smallest absolute Gasteiger partial charge is 0.159 e. The van der Waals surface area contributed by atoms with E-state index in [1.54, 1.807) is 0 Å². The first-order valence-corrected chi connectivity index (χ1v) is 20.2. The predicted molar refractivity (Wildman–Crippen MR) is 249 cm³/mol. The number of benzene rings is 10. The fourth-order valence-electron chi connectivity index (χ4n) is 9.23. The molecule has 12 aromatic rings. The number of hydrogen-bond donors (Lipinski definition) is 0.